The lowest BCUT2D eigenvalue weighted by Gasteiger charge is -2.21. The molecule has 2 aromatic heterocycles. The Labute approximate surface area is 300 Å². The highest BCUT2D eigenvalue weighted by Crippen LogP contribution is 2.36. The maximum absolute atomic E-state index is 15.1. The second kappa shape index (κ2) is 15.1. The number of nitrogens with zero attached hydrogens (tertiary/aromatic N) is 3. The Morgan fingerprint density at radius 1 is 0.882 bits per heavy atom. The van der Waals surface area contributed by atoms with Crippen LogP contribution in [0.15, 0.2) is 121 Å². The zero-order valence-electron chi connectivity index (χ0n) is 27.8. The summed E-state index contributed by atoms with van der Waals surface area (Å²) in [7, 11) is -2.09. The number of para-hydroxylation sites is 2. The molecule has 0 aliphatic heterocycles. The fourth-order valence-corrected chi connectivity index (χ4v) is 7.19. The van der Waals surface area contributed by atoms with Crippen LogP contribution in [0.25, 0.3) is 22.2 Å². The van der Waals surface area contributed by atoms with Crippen molar-refractivity contribution in [1.82, 2.24) is 18.8 Å². The largest absolute Gasteiger partial charge is 0.343 e. The number of sulfonamides is 1. The van der Waals surface area contributed by atoms with E-state index >= 15 is 4.79 Å². The third-order valence-corrected chi connectivity index (χ3v) is 10.2. The van der Waals surface area contributed by atoms with Gasteiger partial charge < -0.3 is 19.8 Å². The molecule has 0 bridgehead atoms. The van der Waals surface area contributed by atoms with Crippen LogP contribution in [0.2, 0.25) is 5.02 Å². The van der Waals surface area contributed by atoms with E-state index in [9.17, 15) is 18.0 Å². The van der Waals surface area contributed by atoms with Gasteiger partial charge in [0.15, 0.2) is 11.8 Å². The highest BCUT2D eigenvalue weighted by atomic mass is 35.5. The zero-order valence-corrected chi connectivity index (χ0v) is 29.4. The number of benzene rings is 4. The van der Waals surface area contributed by atoms with Crippen molar-refractivity contribution in [3.05, 3.63) is 132 Å². The number of carbonyl (C=O) groups is 3. The number of nitrogens with one attached hydrogen (secondary N) is 3. The molecule has 6 aromatic rings. The second-order valence-corrected chi connectivity index (χ2v) is 14.0. The molecule has 6 rings (SSSR count). The minimum Gasteiger partial charge on any atom is -0.343 e. The van der Waals surface area contributed by atoms with Gasteiger partial charge in [0.25, 0.3) is 11.8 Å². The molecule has 0 saturated heterocycles. The SMILES string of the molecule is CCCCNS(=O)(=O)c1ccc(Cl)c(NC(=O)C(C(=O)c2c(-c3ccccc3)n(C)c3ccccc23)n2cncc2C(=O)Nc2ccccc2)c1. The molecule has 0 aliphatic carbocycles. The summed E-state index contributed by atoms with van der Waals surface area (Å²) in [4.78, 5) is 47.3. The summed E-state index contributed by atoms with van der Waals surface area (Å²) in [6.07, 6.45) is 3.96. The highest BCUT2D eigenvalue weighted by molar-refractivity contribution is 7.89. The van der Waals surface area contributed by atoms with Crippen molar-refractivity contribution in [2.75, 3.05) is 17.2 Å². The molecule has 13 heteroatoms. The summed E-state index contributed by atoms with van der Waals surface area (Å²) in [5, 5.41) is 6.12. The fourth-order valence-electron chi connectivity index (χ4n) is 5.92. The number of carbonyl (C=O) groups excluding carboxylic acids is 3. The van der Waals surface area contributed by atoms with Crippen LogP contribution in [0.4, 0.5) is 11.4 Å². The van der Waals surface area contributed by atoms with Crippen LogP contribution < -0.4 is 15.4 Å². The number of unbranched alkanes of at least 4 members (excludes halogenated alkanes) is 1. The Kier molecular flexibility index (Phi) is 10.5. The maximum Gasteiger partial charge on any atom is 0.273 e. The van der Waals surface area contributed by atoms with Crippen LogP contribution >= 0.6 is 11.6 Å². The lowest BCUT2D eigenvalue weighted by molar-refractivity contribution is -0.118. The number of ketones is 1. The molecule has 4 aromatic carbocycles. The van der Waals surface area contributed by atoms with Crippen LogP contribution in [-0.2, 0) is 21.9 Å². The first kappa shape index (κ1) is 35.3. The smallest absolute Gasteiger partial charge is 0.273 e. The predicted octanol–water partition coefficient (Wildman–Crippen LogP) is 7.09. The minimum absolute atomic E-state index is 0.0329. The van der Waals surface area contributed by atoms with Gasteiger partial charge in [-0.15, -0.1) is 0 Å². The molecule has 11 nitrogen and oxygen atoms in total. The van der Waals surface area contributed by atoms with E-state index in [0.29, 0.717) is 23.2 Å². The number of amides is 2. The Morgan fingerprint density at radius 3 is 2.29 bits per heavy atom. The van der Waals surface area contributed by atoms with Crippen molar-refractivity contribution in [2.45, 2.75) is 30.7 Å². The molecule has 51 heavy (non-hydrogen) atoms. The molecule has 260 valence electrons. The first-order chi connectivity index (χ1) is 24.6. The van der Waals surface area contributed by atoms with Gasteiger partial charge in [-0.25, -0.2) is 18.1 Å². The lowest BCUT2D eigenvalue weighted by atomic mass is 9.96. The number of aryl methyl sites for hydroxylation is 1. The Balaban J connectivity index is 1.48. The van der Waals surface area contributed by atoms with E-state index in [4.69, 9.17) is 11.6 Å². The van der Waals surface area contributed by atoms with E-state index in [1.165, 1.54) is 35.3 Å². The van der Waals surface area contributed by atoms with Crippen molar-refractivity contribution in [3.63, 3.8) is 0 Å². The zero-order chi connectivity index (χ0) is 36.1. The van der Waals surface area contributed by atoms with E-state index < -0.39 is 33.7 Å². The molecule has 1 atom stereocenters. The number of anilines is 2. The standard InChI is InChI=1S/C38H35ClN6O5S/c1-3-4-21-41-51(49,50)27-19-20-29(39)30(22-27)43-38(48)35(45-24-40-23-32(45)37(47)42-26-15-9-6-10-16-26)36(46)33-28-17-11-12-18-31(28)44(2)34(33)25-13-7-5-8-14-25/h5-20,22-24,35,41H,3-4,21H2,1-2H3,(H,42,47)(H,43,48). The highest BCUT2D eigenvalue weighted by Gasteiger charge is 2.36. The van der Waals surface area contributed by atoms with E-state index in [-0.39, 0.29) is 33.4 Å². The van der Waals surface area contributed by atoms with Gasteiger partial charge in [0, 0.05) is 30.2 Å². The van der Waals surface area contributed by atoms with E-state index in [1.807, 2.05) is 61.0 Å². The normalized spacial score (nSPS) is 12.1. The summed E-state index contributed by atoms with van der Waals surface area (Å²) < 4.78 is 31.8. The van der Waals surface area contributed by atoms with Crippen LogP contribution in [0, 0.1) is 0 Å². The molecule has 0 aliphatic rings. The first-order valence-corrected chi connectivity index (χ1v) is 18.1. The number of halogens is 1. The lowest BCUT2D eigenvalue weighted by Crippen LogP contribution is -2.35. The van der Waals surface area contributed by atoms with Crippen LogP contribution in [0.3, 0.4) is 0 Å². The predicted molar refractivity (Wildman–Crippen MR) is 199 cm³/mol. The summed E-state index contributed by atoms with van der Waals surface area (Å²) in [5.74, 6) is -2.10. The molecule has 0 fully saturated rings. The molecular formula is C38H35ClN6O5S. The number of hydrogen-bond acceptors (Lipinski definition) is 6. The van der Waals surface area contributed by atoms with Gasteiger partial charge in [-0.2, -0.15) is 0 Å². The molecule has 0 spiro atoms. The third-order valence-electron chi connectivity index (χ3n) is 8.43. The molecule has 0 radical (unpaired) electrons. The number of aromatic nitrogens is 3. The molecule has 2 amide bonds. The summed E-state index contributed by atoms with van der Waals surface area (Å²) in [6, 6.07) is 27.6. The quantitative estimate of drug-likeness (QED) is 0.0660. The Hall–Kier alpha value is -5.56. The number of imidazole rings is 1. The monoisotopic (exact) mass is 722 g/mol. The van der Waals surface area contributed by atoms with Gasteiger partial charge in [-0.1, -0.05) is 91.7 Å². The molecule has 0 saturated carbocycles. The van der Waals surface area contributed by atoms with Crippen molar-refractivity contribution in [2.24, 2.45) is 7.05 Å². The van der Waals surface area contributed by atoms with Gasteiger partial charge in [-0.05, 0) is 48.4 Å². The summed E-state index contributed by atoms with van der Waals surface area (Å²) in [6.45, 7) is 2.18. The van der Waals surface area contributed by atoms with Gasteiger partial charge >= 0.3 is 0 Å². The van der Waals surface area contributed by atoms with E-state index in [2.05, 4.69) is 20.3 Å². The average molecular weight is 723 g/mol. The number of hydrogen-bond donors (Lipinski definition) is 3. The van der Waals surface area contributed by atoms with Crippen molar-refractivity contribution in [1.29, 1.82) is 0 Å². The molecule has 3 N–H and O–H groups in total. The van der Waals surface area contributed by atoms with Crippen molar-refractivity contribution < 1.29 is 22.8 Å². The second-order valence-electron chi connectivity index (χ2n) is 11.8. The van der Waals surface area contributed by atoms with Crippen molar-refractivity contribution >= 4 is 61.5 Å². The molecule has 1 unspecified atom stereocenters. The maximum atomic E-state index is 15.1. The van der Waals surface area contributed by atoms with Crippen LogP contribution in [-0.4, -0.2) is 46.7 Å². The van der Waals surface area contributed by atoms with Crippen LogP contribution in [0.5, 0.6) is 0 Å². The molecular weight excluding hydrogens is 688 g/mol. The minimum atomic E-state index is -3.93. The summed E-state index contributed by atoms with van der Waals surface area (Å²) in [5.41, 5.74) is 2.72. The average Bonchev–Trinajstić information content (AvgIpc) is 3.73. The van der Waals surface area contributed by atoms with E-state index in [1.54, 1.807) is 42.5 Å². The van der Waals surface area contributed by atoms with Gasteiger partial charge in [-0.3, -0.25) is 14.4 Å². The number of fused-ring (bicyclic) bond motifs is 1. The Bertz CT molecular complexity index is 2340. The number of Topliss-reactive ketones (excluding diaryl/α,β-unsaturated/α-hetero) is 1. The summed E-state index contributed by atoms with van der Waals surface area (Å²) >= 11 is 6.50. The van der Waals surface area contributed by atoms with Gasteiger partial charge in [0.05, 0.1) is 39.4 Å². The number of rotatable bonds is 13. The van der Waals surface area contributed by atoms with Crippen LogP contribution in [0.1, 0.15) is 46.7 Å². The topological polar surface area (TPSA) is 144 Å². The van der Waals surface area contributed by atoms with Gasteiger partial charge in [0.1, 0.15) is 5.69 Å². The van der Waals surface area contributed by atoms with Gasteiger partial charge in [0.2, 0.25) is 10.0 Å². The first-order valence-electron chi connectivity index (χ1n) is 16.3. The third kappa shape index (κ3) is 7.34. The van der Waals surface area contributed by atoms with Crippen molar-refractivity contribution in [3.8, 4) is 11.3 Å². The molecule has 2 heterocycles. The Morgan fingerprint density at radius 2 is 1.57 bits per heavy atom. The van der Waals surface area contributed by atoms with E-state index in [0.717, 1.165) is 17.5 Å². The fraction of sp³-hybridized carbons (Fsp3) is 0.158.